The maximum Gasteiger partial charge on any atom is 0.225 e. The van der Waals surface area contributed by atoms with E-state index in [0.717, 1.165) is 38.8 Å². The quantitative estimate of drug-likeness (QED) is 0.822. The molecule has 1 aliphatic carbocycles. The minimum atomic E-state index is 0.179. The van der Waals surface area contributed by atoms with Gasteiger partial charge in [0.2, 0.25) is 5.91 Å². The highest BCUT2D eigenvalue weighted by Gasteiger charge is 2.28. The van der Waals surface area contributed by atoms with Crippen molar-refractivity contribution in [2.75, 3.05) is 20.1 Å². The molecule has 1 amide bonds. The molecular weight excluding hydrogens is 212 g/mol. The van der Waals surface area contributed by atoms with Crippen LogP contribution < -0.4 is 5.73 Å². The predicted molar refractivity (Wildman–Crippen MR) is 71.6 cm³/mol. The predicted octanol–water partition coefficient (Wildman–Crippen LogP) is 2.26. The molecule has 1 saturated carbocycles. The topological polar surface area (TPSA) is 46.3 Å². The molecule has 1 aliphatic rings. The molecule has 0 radical (unpaired) electrons. The van der Waals surface area contributed by atoms with Crippen molar-refractivity contribution < 1.29 is 4.79 Å². The van der Waals surface area contributed by atoms with Gasteiger partial charge < -0.3 is 10.6 Å². The molecule has 0 aromatic carbocycles. The Balaban J connectivity index is 2.43. The maximum absolute atomic E-state index is 12.3. The van der Waals surface area contributed by atoms with E-state index >= 15 is 0 Å². The first-order chi connectivity index (χ1) is 7.83. The summed E-state index contributed by atoms with van der Waals surface area (Å²) in [5, 5.41) is 0. The fourth-order valence-electron chi connectivity index (χ4n) is 2.75. The molecule has 0 spiro atoms. The lowest BCUT2D eigenvalue weighted by Crippen LogP contribution is -2.39. The van der Waals surface area contributed by atoms with E-state index < -0.39 is 0 Å². The molecule has 100 valence electrons. The van der Waals surface area contributed by atoms with Gasteiger partial charge >= 0.3 is 0 Å². The monoisotopic (exact) mass is 240 g/mol. The van der Waals surface area contributed by atoms with Crippen molar-refractivity contribution in [1.82, 2.24) is 4.90 Å². The lowest BCUT2D eigenvalue weighted by atomic mass is 9.81. The van der Waals surface area contributed by atoms with Crippen LogP contribution in [0.1, 0.15) is 46.5 Å². The second-order valence-corrected chi connectivity index (χ2v) is 6.71. The van der Waals surface area contributed by atoms with E-state index in [1.54, 1.807) is 0 Å². The summed E-state index contributed by atoms with van der Waals surface area (Å²) < 4.78 is 0. The Hall–Kier alpha value is -0.570. The molecule has 1 fully saturated rings. The summed E-state index contributed by atoms with van der Waals surface area (Å²) in [7, 11) is 1.93. The molecule has 0 bridgehead atoms. The van der Waals surface area contributed by atoms with Gasteiger partial charge in [-0.3, -0.25) is 4.79 Å². The highest BCUT2D eigenvalue weighted by atomic mass is 16.2. The molecule has 0 aliphatic heterocycles. The van der Waals surface area contributed by atoms with Crippen LogP contribution >= 0.6 is 0 Å². The molecule has 0 heterocycles. The van der Waals surface area contributed by atoms with Gasteiger partial charge in [0.15, 0.2) is 0 Å². The van der Waals surface area contributed by atoms with Gasteiger partial charge in [-0.25, -0.2) is 0 Å². The summed E-state index contributed by atoms with van der Waals surface area (Å²) in [6, 6.07) is 0. The van der Waals surface area contributed by atoms with Gasteiger partial charge in [-0.05, 0) is 43.6 Å². The zero-order valence-corrected chi connectivity index (χ0v) is 11.8. The first-order valence-corrected chi connectivity index (χ1v) is 6.78. The van der Waals surface area contributed by atoms with E-state index in [1.807, 2.05) is 11.9 Å². The van der Waals surface area contributed by atoms with Gasteiger partial charge in [-0.2, -0.15) is 0 Å². The lowest BCUT2D eigenvalue weighted by molar-refractivity contribution is -0.136. The van der Waals surface area contributed by atoms with Crippen molar-refractivity contribution in [2.24, 2.45) is 23.0 Å². The summed E-state index contributed by atoms with van der Waals surface area (Å²) in [5.74, 6) is 1.22. The number of carbonyl (C=O) groups excluding carboxylic acids is 1. The lowest BCUT2D eigenvalue weighted by Gasteiger charge is -2.33. The molecule has 0 saturated heterocycles. The zero-order chi connectivity index (χ0) is 13.1. The Morgan fingerprint density at radius 2 is 1.76 bits per heavy atom. The minimum absolute atomic E-state index is 0.179. The van der Waals surface area contributed by atoms with Crippen LogP contribution in [-0.2, 0) is 4.79 Å². The van der Waals surface area contributed by atoms with Crippen LogP contribution in [-0.4, -0.2) is 30.9 Å². The van der Waals surface area contributed by atoms with Crippen molar-refractivity contribution in [3.8, 4) is 0 Å². The second-order valence-electron chi connectivity index (χ2n) is 6.71. The highest BCUT2D eigenvalue weighted by molar-refractivity contribution is 5.78. The first kappa shape index (κ1) is 14.5. The molecular formula is C14H28N2O. The summed E-state index contributed by atoms with van der Waals surface area (Å²) in [6.07, 6.45) is 4.29. The third-order valence-corrected chi connectivity index (χ3v) is 3.62. The molecule has 0 atom stereocenters. The molecule has 2 N–H and O–H groups in total. The normalized spacial score (nSPS) is 25.7. The van der Waals surface area contributed by atoms with Crippen molar-refractivity contribution in [3.63, 3.8) is 0 Å². The van der Waals surface area contributed by atoms with Gasteiger partial charge in [-0.1, -0.05) is 20.8 Å². The third kappa shape index (κ3) is 4.66. The number of hydrogen-bond donors (Lipinski definition) is 1. The van der Waals surface area contributed by atoms with Gasteiger partial charge in [0.1, 0.15) is 0 Å². The van der Waals surface area contributed by atoms with Gasteiger partial charge in [0.25, 0.3) is 0 Å². The van der Waals surface area contributed by atoms with Crippen LogP contribution in [0, 0.1) is 17.3 Å². The number of hydrogen-bond acceptors (Lipinski definition) is 2. The average molecular weight is 240 g/mol. The van der Waals surface area contributed by atoms with Crippen molar-refractivity contribution in [1.29, 1.82) is 0 Å². The van der Waals surface area contributed by atoms with Crippen LogP contribution in [0.15, 0.2) is 0 Å². The Morgan fingerprint density at radius 3 is 2.18 bits per heavy atom. The van der Waals surface area contributed by atoms with Crippen molar-refractivity contribution in [2.45, 2.75) is 46.5 Å². The number of nitrogens with zero attached hydrogens (tertiary/aromatic N) is 1. The maximum atomic E-state index is 12.3. The van der Waals surface area contributed by atoms with Gasteiger partial charge in [0.05, 0.1) is 0 Å². The van der Waals surface area contributed by atoms with Crippen LogP contribution in [0.4, 0.5) is 0 Å². The van der Waals surface area contributed by atoms with E-state index in [1.165, 1.54) is 0 Å². The number of rotatable bonds is 3. The van der Waals surface area contributed by atoms with E-state index in [-0.39, 0.29) is 11.3 Å². The second kappa shape index (κ2) is 5.85. The number of carbonyl (C=O) groups is 1. The fraction of sp³-hybridized carbons (Fsp3) is 0.929. The highest BCUT2D eigenvalue weighted by Crippen LogP contribution is 2.29. The summed E-state index contributed by atoms with van der Waals surface area (Å²) in [6.45, 7) is 8.12. The van der Waals surface area contributed by atoms with E-state index in [4.69, 9.17) is 5.73 Å². The van der Waals surface area contributed by atoms with Crippen molar-refractivity contribution in [3.05, 3.63) is 0 Å². The SMILES string of the molecule is CN(CC(C)(C)C)C(=O)C1CCC(CN)CC1. The smallest absolute Gasteiger partial charge is 0.225 e. The Morgan fingerprint density at radius 1 is 1.24 bits per heavy atom. The first-order valence-electron chi connectivity index (χ1n) is 6.78. The Bertz CT molecular complexity index is 249. The van der Waals surface area contributed by atoms with E-state index in [2.05, 4.69) is 20.8 Å². The molecule has 0 unspecified atom stereocenters. The molecule has 1 rings (SSSR count). The number of nitrogens with two attached hydrogens (primary N) is 1. The molecule has 0 aromatic rings. The summed E-state index contributed by atoms with van der Waals surface area (Å²) >= 11 is 0. The molecule has 17 heavy (non-hydrogen) atoms. The minimum Gasteiger partial charge on any atom is -0.345 e. The van der Waals surface area contributed by atoms with E-state index in [0.29, 0.717) is 11.8 Å². The van der Waals surface area contributed by atoms with E-state index in [9.17, 15) is 4.79 Å². The zero-order valence-electron chi connectivity index (χ0n) is 11.8. The number of amides is 1. The van der Waals surface area contributed by atoms with Crippen LogP contribution in [0.5, 0.6) is 0 Å². The fourth-order valence-corrected chi connectivity index (χ4v) is 2.75. The Labute approximate surface area is 106 Å². The van der Waals surface area contributed by atoms with Crippen LogP contribution in [0.2, 0.25) is 0 Å². The Kier molecular flexibility index (Phi) is 4.99. The molecule has 3 heteroatoms. The van der Waals surface area contributed by atoms with Crippen LogP contribution in [0.3, 0.4) is 0 Å². The van der Waals surface area contributed by atoms with Gasteiger partial charge in [-0.15, -0.1) is 0 Å². The molecule has 0 aromatic heterocycles. The average Bonchev–Trinajstić information content (AvgIpc) is 2.26. The third-order valence-electron chi connectivity index (χ3n) is 3.62. The summed E-state index contributed by atoms with van der Waals surface area (Å²) in [4.78, 5) is 14.2. The largest absolute Gasteiger partial charge is 0.345 e. The van der Waals surface area contributed by atoms with Crippen molar-refractivity contribution >= 4 is 5.91 Å². The standard InChI is InChI=1S/C14H28N2O/c1-14(2,3)10-16(4)13(17)12-7-5-11(9-15)6-8-12/h11-12H,5-10,15H2,1-4H3. The van der Waals surface area contributed by atoms with Crippen LogP contribution in [0.25, 0.3) is 0 Å². The summed E-state index contributed by atoms with van der Waals surface area (Å²) in [5.41, 5.74) is 5.85. The molecule has 3 nitrogen and oxygen atoms in total. The van der Waals surface area contributed by atoms with Gasteiger partial charge in [0, 0.05) is 19.5 Å².